The molecule has 2 N–H and O–H groups in total. The number of alkyl halides is 3. The van der Waals surface area contributed by atoms with Crippen LogP contribution in [-0.2, 0) is 15.8 Å². The quantitative estimate of drug-likeness (QED) is 0.877. The molecule has 6 nitrogen and oxygen atoms in total. The van der Waals surface area contributed by atoms with Crippen molar-refractivity contribution in [1.29, 1.82) is 0 Å². The van der Waals surface area contributed by atoms with Gasteiger partial charge in [0.15, 0.2) is 0 Å². The Morgan fingerprint density at radius 1 is 1.42 bits per heavy atom. The summed E-state index contributed by atoms with van der Waals surface area (Å²) in [6.07, 6.45) is -4.88. The summed E-state index contributed by atoms with van der Waals surface area (Å²) < 4.78 is 38.2. The van der Waals surface area contributed by atoms with Crippen LogP contribution in [0.5, 0.6) is 0 Å². The van der Waals surface area contributed by atoms with Gasteiger partial charge in [0.05, 0.1) is 12.0 Å². The second-order valence-electron chi connectivity index (χ2n) is 5.57. The van der Waals surface area contributed by atoms with Crippen LogP contribution in [-0.4, -0.2) is 40.5 Å². The lowest BCUT2D eigenvalue weighted by Gasteiger charge is -2.31. The number of hydrogen-bond donors (Lipinski definition) is 2. The molecule has 1 saturated heterocycles. The van der Waals surface area contributed by atoms with Crippen LogP contribution in [0.25, 0.3) is 0 Å². The van der Waals surface area contributed by atoms with E-state index in [1.165, 1.54) is 12.1 Å². The van der Waals surface area contributed by atoms with Gasteiger partial charge in [0.25, 0.3) is 0 Å². The number of urea groups is 1. The van der Waals surface area contributed by atoms with Gasteiger partial charge in [-0.15, -0.1) is 0 Å². The molecule has 0 aliphatic carbocycles. The van der Waals surface area contributed by atoms with Crippen LogP contribution in [0.4, 0.5) is 18.0 Å². The highest BCUT2D eigenvalue weighted by atomic mass is 19.4. The van der Waals surface area contributed by atoms with Gasteiger partial charge >= 0.3 is 18.2 Å². The third-order valence-electron chi connectivity index (χ3n) is 3.76. The van der Waals surface area contributed by atoms with Crippen molar-refractivity contribution in [2.75, 3.05) is 6.54 Å². The molecule has 0 aromatic heterocycles. The first-order chi connectivity index (χ1) is 11.1. The van der Waals surface area contributed by atoms with Crippen LogP contribution in [0, 0.1) is 0 Å². The van der Waals surface area contributed by atoms with E-state index in [4.69, 9.17) is 5.11 Å². The van der Waals surface area contributed by atoms with Crippen LogP contribution in [0.2, 0.25) is 0 Å². The Morgan fingerprint density at radius 2 is 2.08 bits per heavy atom. The molecule has 0 bridgehead atoms. The second kappa shape index (κ2) is 6.50. The van der Waals surface area contributed by atoms with E-state index in [0.29, 0.717) is 5.56 Å². The summed E-state index contributed by atoms with van der Waals surface area (Å²) in [4.78, 5) is 35.5. The Kier molecular flexibility index (Phi) is 4.81. The summed E-state index contributed by atoms with van der Waals surface area (Å²) in [7, 11) is 0. The number of carbonyl (C=O) groups excluding carboxylic acids is 2. The first kappa shape index (κ1) is 17.8. The van der Waals surface area contributed by atoms with Crippen LogP contribution < -0.4 is 5.32 Å². The van der Waals surface area contributed by atoms with E-state index in [-0.39, 0.29) is 6.54 Å². The number of amides is 3. The highest BCUT2D eigenvalue weighted by Gasteiger charge is 2.36. The average Bonchev–Trinajstić information content (AvgIpc) is 2.49. The largest absolute Gasteiger partial charge is 0.480 e. The van der Waals surface area contributed by atoms with E-state index in [0.717, 1.165) is 17.0 Å². The molecule has 9 heteroatoms. The van der Waals surface area contributed by atoms with Gasteiger partial charge in [-0.25, -0.2) is 9.59 Å². The number of carbonyl (C=O) groups is 3. The molecule has 1 aromatic carbocycles. The second-order valence-corrected chi connectivity index (χ2v) is 5.57. The molecule has 1 aliphatic rings. The summed E-state index contributed by atoms with van der Waals surface area (Å²) in [5.74, 6) is -2.53. The third kappa shape index (κ3) is 3.84. The number of benzene rings is 1. The van der Waals surface area contributed by atoms with Crippen molar-refractivity contribution < 1.29 is 32.7 Å². The van der Waals surface area contributed by atoms with Crippen molar-refractivity contribution >= 4 is 17.9 Å². The Bertz CT molecular complexity index is 657. The minimum atomic E-state index is -4.48. The molecule has 1 aliphatic heterocycles. The summed E-state index contributed by atoms with van der Waals surface area (Å²) >= 11 is 0. The number of carboxylic acids is 1. The van der Waals surface area contributed by atoms with E-state index in [9.17, 15) is 27.6 Å². The maximum absolute atomic E-state index is 12.7. The topological polar surface area (TPSA) is 86.7 Å². The fourth-order valence-electron chi connectivity index (χ4n) is 2.41. The summed E-state index contributed by atoms with van der Waals surface area (Å²) in [6.45, 7) is 1.44. The van der Waals surface area contributed by atoms with Gasteiger partial charge in [0, 0.05) is 6.54 Å². The van der Waals surface area contributed by atoms with Crippen LogP contribution >= 0.6 is 0 Å². The van der Waals surface area contributed by atoms with E-state index in [2.05, 4.69) is 5.32 Å². The van der Waals surface area contributed by atoms with Crippen molar-refractivity contribution in [1.82, 2.24) is 10.2 Å². The third-order valence-corrected chi connectivity index (χ3v) is 3.76. The number of carboxylic acid groups (broad SMARTS) is 1. The van der Waals surface area contributed by atoms with E-state index >= 15 is 0 Å². The lowest BCUT2D eigenvalue weighted by molar-refractivity contribution is -0.144. The van der Waals surface area contributed by atoms with Gasteiger partial charge in [-0.05, 0) is 17.5 Å². The first-order valence-electron chi connectivity index (χ1n) is 7.10. The van der Waals surface area contributed by atoms with Gasteiger partial charge in [0.2, 0.25) is 5.91 Å². The SMILES string of the molecule is CC(CN1C(=O)C[C@@H](C(=O)O)NC1=O)c1cccc(C(F)(F)F)c1. The molecule has 0 saturated carbocycles. The van der Waals surface area contributed by atoms with Crippen molar-refractivity contribution in [3.05, 3.63) is 35.4 Å². The summed E-state index contributed by atoms with van der Waals surface area (Å²) in [5, 5.41) is 11.0. The molecule has 2 atom stereocenters. The first-order valence-corrected chi connectivity index (χ1v) is 7.10. The van der Waals surface area contributed by atoms with Gasteiger partial charge in [-0.1, -0.05) is 25.1 Å². The molecule has 0 spiro atoms. The Balaban J connectivity index is 2.12. The molecule has 1 fully saturated rings. The number of rotatable bonds is 4. The predicted octanol–water partition coefficient (Wildman–Crippen LogP) is 2.20. The Morgan fingerprint density at radius 3 is 2.62 bits per heavy atom. The van der Waals surface area contributed by atoms with E-state index in [1.807, 2.05) is 0 Å². The van der Waals surface area contributed by atoms with Gasteiger partial charge < -0.3 is 10.4 Å². The summed E-state index contributed by atoms with van der Waals surface area (Å²) in [6, 6.07) is 2.49. The molecule has 0 radical (unpaired) electrons. The average molecular weight is 344 g/mol. The number of nitrogens with zero attached hydrogens (tertiary/aromatic N) is 1. The molecule has 1 unspecified atom stereocenters. The van der Waals surface area contributed by atoms with E-state index < -0.39 is 48.0 Å². The fraction of sp³-hybridized carbons (Fsp3) is 0.400. The van der Waals surface area contributed by atoms with Crippen molar-refractivity contribution in [3.63, 3.8) is 0 Å². The standard InChI is InChI=1S/C15H15F3N2O4/c1-8(9-3-2-4-10(5-9)15(16,17)18)7-20-12(21)6-11(13(22)23)19-14(20)24/h2-5,8,11H,6-7H2,1H3,(H,19,24)(H,22,23)/t8?,11-/m0/s1. The van der Waals surface area contributed by atoms with Crippen molar-refractivity contribution in [3.8, 4) is 0 Å². The maximum Gasteiger partial charge on any atom is 0.416 e. The van der Waals surface area contributed by atoms with Crippen LogP contribution in [0.1, 0.15) is 30.4 Å². The predicted molar refractivity (Wildman–Crippen MR) is 76.1 cm³/mol. The fourth-order valence-corrected chi connectivity index (χ4v) is 2.41. The molecule has 3 amide bonds. The van der Waals surface area contributed by atoms with Crippen LogP contribution in [0.3, 0.4) is 0 Å². The summed E-state index contributed by atoms with van der Waals surface area (Å²) in [5.41, 5.74) is -0.488. The molecule has 130 valence electrons. The lowest BCUT2D eigenvalue weighted by Crippen LogP contribution is -2.57. The smallest absolute Gasteiger partial charge is 0.416 e. The Hall–Kier alpha value is -2.58. The zero-order chi connectivity index (χ0) is 18.1. The number of hydrogen-bond acceptors (Lipinski definition) is 3. The molecule has 24 heavy (non-hydrogen) atoms. The van der Waals surface area contributed by atoms with Crippen molar-refractivity contribution in [2.45, 2.75) is 31.5 Å². The zero-order valence-electron chi connectivity index (χ0n) is 12.6. The number of imide groups is 1. The molecule has 2 rings (SSSR count). The zero-order valence-corrected chi connectivity index (χ0v) is 12.6. The molecular weight excluding hydrogens is 329 g/mol. The van der Waals surface area contributed by atoms with Crippen molar-refractivity contribution in [2.24, 2.45) is 0 Å². The Labute approximate surface area is 135 Å². The number of nitrogens with one attached hydrogen (secondary N) is 1. The number of aliphatic carboxylic acids is 1. The highest BCUT2D eigenvalue weighted by Crippen LogP contribution is 2.31. The van der Waals surface area contributed by atoms with E-state index in [1.54, 1.807) is 6.92 Å². The van der Waals surface area contributed by atoms with Crippen LogP contribution in [0.15, 0.2) is 24.3 Å². The highest BCUT2D eigenvalue weighted by molar-refractivity contribution is 6.01. The maximum atomic E-state index is 12.7. The molecular formula is C15H15F3N2O4. The van der Waals surface area contributed by atoms with Gasteiger partial charge in [-0.2, -0.15) is 13.2 Å². The minimum absolute atomic E-state index is 0.141. The monoisotopic (exact) mass is 344 g/mol. The van der Waals surface area contributed by atoms with Gasteiger partial charge in [-0.3, -0.25) is 9.69 Å². The number of halogens is 3. The lowest BCUT2D eigenvalue weighted by atomic mass is 9.97. The minimum Gasteiger partial charge on any atom is -0.480 e. The normalized spacial score (nSPS) is 19.8. The molecule has 1 aromatic rings. The molecule has 1 heterocycles. The van der Waals surface area contributed by atoms with Gasteiger partial charge in [0.1, 0.15) is 6.04 Å².